The summed E-state index contributed by atoms with van der Waals surface area (Å²) in [5.41, 5.74) is 19.7. The molecule has 4 heterocycles. The molecule has 8 heteroatoms. The van der Waals surface area contributed by atoms with Gasteiger partial charge < -0.3 is 29.1 Å². The fourth-order valence-electron chi connectivity index (χ4n) is 12.0. The quantitative estimate of drug-likeness (QED) is 0.141. The van der Waals surface area contributed by atoms with Gasteiger partial charge in [0.05, 0.1) is 11.4 Å². The number of hydrogen-bond donors (Lipinski definition) is 0. The third-order valence-electron chi connectivity index (χ3n) is 15.1. The van der Waals surface area contributed by atoms with Gasteiger partial charge in [0.2, 0.25) is 0 Å². The van der Waals surface area contributed by atoms with Crippen molar-refractivity contribution in [2.24, 2.45) is 0 Å². The summed E-state index contributed by atoms with van der Waals surface area (Å²) >= 11 is 0. The van der Waals surface area contributed by atoms with Crippen LogP contribution in [0.5, 0.6) is 23.0 Å². The van der Waals surface area contributed by atoms with Crippen LogP contribution in [0.1, 0.15) is 13.8 Å². The summed E-state index contributed by atoms with van der Waals surface area (Å²) < 4.78 is 14.8. The van der Waals surface area contributed by atoms with Crippen molar-refractivity contribution in [2.45, 2.75) is 13.8 Å². The molecular formula is C68H50B2N4O2. The molecule has 0 radical (unpaired) electrons. The van der Waals surface area contributed by atoms with Crippen LogP contribution in [-0.4, -0.2) is 13.4 Å². The summed E-state index contributed by atoms with van der Waals surface area (Å²) in [6, 6.07) is 95.4. The fourth-order valence-corrected chi connectivity index (χ4v) is 12.0. The minimum Gasteiger partial charge on any atom is -0.458 e. The lowest BCUT2D eigenvalue weighted by Crippen LogP contribution is -2.63. The van der Waals surface area contributed by atoms with Crippen LogP contribution in [0.3, 0.4) is 0 Å². The van der Waals surface area contributed by atoms with Gasteiger partial charge in [-0.15, -0.1) is 0 Å². The van der Waals surface area contributed by atoms with E-state index in [9.17, 15) is 0 Å². The van der Waals surface area contributed by atoms with Crippen LogP contribution >= 0.6 is 0 Å². The molecule has 4 aliphatic rings. The number of ether oxygens (including phenoxy) is 2. The van der Waals surface area contributed by atoms with Crippen molar-refractivity contribution in [3.63, 3.8) is 0 Å². The molecule has 0 atom stereocenters. The maximum atomic E-state index is 7.42. The molecule has 0 unspecified atom stereocenters. The van der Waals surface area contributed by atoms with Crippen LogP contribution in [0.15, 0.2) is 267 Å². The Hall–Kier alpha value is -9.65. The van der Waals surface area contributed by atoms with Crippen molar-refractivity contribution in [2.75, 3.05) is 19.6 Å². The van der Waals surface area contributed by atoms with E-state index < -0.39 is 0 Å². The van der Waals surface area contributed by atoms with Gasteiger partial charge in [0, 0.05) is 75.1 Å². The van der Waals surface area contributed by atoms with Gasteiger partial charge in [-0.2, -0.15) is 0 Å². The Morgan fingerprint density at radius 1 is 0.276 bits per heavy atom. The molecule has 4 aliphatic heterocycles. The van der Waals surface area contributed by atoms with Crippen LogP contribution in [0.4, 0.5) is 68.2 Å². The van der Waals surface area contributed by atoms with Crippen molar-refractivity contribution in [1.29, 1.82) is 0 Å². The van der Waals surface area contributed by atoms with Gasteiger partial charge in [-0.3, -0.25) is 0 Å². The van der Waals surface area contributed by atoms with Gasteiger partial charge >= 0.3 is 0 Å². The van der Waals surface area contributed by atoms with E-state index in [1.54, 1.807) is 0 Å². The molecule has 76 heavy (non-hydrogen) atoms. The zero-order valence-electron chi connectivity index (χ0n) is 42.2. The van der Waals surface area contributed by atoms with Crippen molar-refractivity contribution < 1.29 is 9.47 Å². The third kappa shape index (κ3) is 7.28. The van der Waals surface area contributed by atoms with Crippen LogP contribution in [-0.2, 0) is 0 Å². The average Bonchev–Trinajstić information content (AvgIpc) is 3.49. The van der Waals surface area contributed by atoms with Crippen LogP contribution in [0, 0.1) is 0 Å². The van der Waals surface area contributed by atoms with Gasteiger partial charge in [0.1, 0.15) is 23.0 Å². The molecule has 0 aliphatic carbocycles. The zero-order chi connectivity index (χ0) is 50.7. The lowest BCUT2D eigenvalue weighted by molar-refractivity contribution is 0.466. The van der Waals surface area contributed by atoms with E-state index in [0.717, 1.165) is 113 Å². The first-order valence-corrected chi connectivity index (χ1v) is 26.3. The monoisotopic (exact) mass is 976 g/mol. The van der Waals surface area contributed by atoms with Crippen molar-refractivity contribution in [3.8, 4) is 23.0 Å². The number of rotatable bonds is 8. The number of para-hydroxylation sites is 8. The minimum absolute atomic E-state index is 0.144. The average molecular weight is 977 g/mol. The van der Waals surface area contributed by atoms with E-state index in [-0.39, 0.29) is 13.4 Å². The van der Waals surface area contributed by atoms with E-state index >= 15 is 0 Å². The van der Waals surface area contributed by atoms with E-state index in [0.29, 0.717) is 0 Å². The first-order chi connectivity index (χ1) is 37.7. The Balaban J connectivity index is 0.00000261. The van der Waals surface area contributed by atoms with Crippen molar-refractivity contribution >= 4 is 114 Å². The second-order valence-electron chi connectivity index (χ2n) is 19.2. The summed E-state index contributed by atoms with van der Waals surface area (Å²) in [6.45, 7) is 3.71. The number of benzene rings is 11. The zero-order valence-corrected chi connectivity index (χ0v) is 42.2. The summed E-state index contributed by atoms with van der Waals surface area (Å²) in [4.78, 5) is 9.48. The summed E-state index contributed by atoms with van der Waals surface area (Å²) in [5, 5.41) is 0. The first-order valence-electron chi connectivity index (χ1n) is 26.3. The molecular weight excluding hydrogens is 926 g/mol. The summed E-state index contributed by atoms with van der Waals surface area (Å²) in [5.74, 6) is 3.18. The van der Waals surface area contributed by atoms with Gasteiger partial charge in [-0.1, -0.05) is 166 Å². The molecule has 360 valence electrons. The Kier molecular flexibility index (Phi) is 11.1. The molecule has 6 nitrogen and oxygen atoms in total. The lowest BCUT2D eigenvalue weighted by Gasteiger charge is -2.43. The number of hydrogen-bond acceptors (Lipinski definition) is 6. The molecule has 0 fully saturated rings. The molecule has 0 spiro atoms. The minimum atomic E-state index is -0.144. The van der Waals surface area contributed by atoms with Crippen LogP contribution in [0.2, 0.25) is 0 Å². The second-order valence-corrected chi connectivity index (χ2v) is 19.2. The van der Waals surface area contributed by atoms with Crippen molar-refractivity contribution in [1.82, 2.24) is 0 Å². The Labute approximate surface area is 445 Å². The number of nitrogens with zero attached hydrogens (tertiary/aromatic N) is 4. The van der Waals surface area contributed by atoms with Gasteiger partial charge in [-0.05, 0) is 130 Å². The highest BCUT2D eigenvalue weighted by Crippen LogP contribution is 2.49. The van der Waals surface area contributed by atoms with Crippen LogP contribution < -0.4 is 61.9 Å². The smallest absolute Gasteiger partial charge is 0.256 e. The molecule has 0 amide bonds. The second kappa shape index (κ2) is 18.7. The Morgan fingerprint density at radius 3 is 0.947 bits per heavy atom. The van der Waals surface area contributed by atoms with Crippen LogP contribution in [0.25, 0.3) is 0 Å². The molecule has 11 aromatic rings. The topological polar surface area (TPSA) is 31.4 Å². The normalized spacial score (nSPS) is 12.7. The number of anilines is 12. The maximum Gasteiger partial charge on any atom is 0.256 e. The first kappa shape index (κ1) is 45.0. The van der Waals surface area contributed by atoms with Gasteiger partial charge in [0.25, 0.3) is 13.4 Å². The highest BCUT2D eigenvalue weighted by Gasteiger charge is 2.47. The molecule has 0 aromatic heterocycles. The molecule has 11 aromatic carbocycles. The number of fused-ring (bicyclic) bond motifs is 8. The van der Waals surface area contributed by atoms with E-state index in [2.05, 4.69) is 287 Å². The predicted molar refractivity (Wildman–Crippen MR) is 319 cm³/mol. The standard InChI is InChI=1S/C66H44B2N4O2.C2H6/c1-7-23-45(24-8-1)69(46-25-9-2-10-26-46)51-39-59-65-63(41-51)73-61-44-62-56(43-55(61)67(65)53-35-19-21-37-57(53)71(59)49-31-15-5-16-32-49)68-54-36-20-22-38-58(54)72(50-33-17-6-18-34-50)60-40-52(42-64(74-62)66(60)68)70(47-27-11-3-12-28-47)48-29-13-4-14-30-48;1-2/h1-44H;1-2H3. The van der Waals surface area contributed by atoms with Crippen molar-refractivity contribution in [3.05, 3.63) is 267 Å². The Bertz CT molecular complexity index is 3610. The van der Waals surface area contributed by atoms with Gasteiger partial charge in [-0.25, -0.2) is 0 Å². The molecule has 15 rings (SSSR count). The molecule has 0 bridgehead atoms. The van der Waals surface area contributed by atoms with Gasteiger partial charge in [0.15, 0.2) is 0 Å². The predicted octanol–water partition coefficient (Wildman–Crippen LogP) is 14.5. The SMILES string of the molecule is CC.c1ccc(N(c2ccccc2)c2cc3c4c(c2)N(c2ccccc2)c2ccccc2B4c2cc4c(cc2O3)Oc2cc(N(c3ccccc3)c3ccccc3)cc3c2B4c2ccccc2N3c2ccccc2)cc1. The van der Waals surface area contributed by atoms with E-state index in [4.69, 9.17) is 9.47 Å². The summed E-state index contributed by atoms with van der Waals surface area (Å²) in [6.07, 6.45) is 0. The molecule has 0 saturated carbocycles. The lowest BCUT2D eigenvalue weighted by atomic mass is 9.31. The molecule has 0 N–H and O–H groups in total. The fraction of sp³-hybridized carbons (Fsp3) is 0.0294. The molecule has 0 saturated heterocycles. The van der Waals surface area contributed by atoms with E-state index in [1.807, 2.05) is 13.8 Å². The highest BCUT2D eigenvalue weighted by molar-refractivity contribution is 7.02. The largest absolute Gasteiger partial charge is 0.458 e. The maximum absolute atomic E-state index is 7.42. The van der Waals surface area contributed by atoms with E-state index in [1.165, 1.54) is 10.9 Å². The Morgan fingerprint density at radius 2 is 0.592 bits per heavy atom. The third-order valence-corrected chi connectivity index (χ3v) is 15.1. The highest BCUT2D eigenvalue weighted by atomic mass is 16.5. The summed E-state index contributed by atoms with van der Waals surface area (Å²) in [7, 11) is 0.